The molecule has 0 saturated carbocycles. The van der Waals surface area contributed by atoms with Crippen molar-refractivity contribution in [2.24, 2.45) is 0 Å². The highest BCUT2D eigenvalue weighted by Crippen LogP contribution is 2.44. The second-order valence-corrected chi connectivity index (χ2v) is 15.6. The molecule has 0 aromatic heterocycles. The molecule has 0 aliphatic heterocycles. The van der Waals surface area contributed by atoms with Gasteiger partial charge in [0.1, 0.15) is 11.0 Å². The quantitative estimate of drug-likeness (QED) is 0.171. The first-order valence-electron chi connectivity index (χ1n) is 14.0. The van der Waals surface area contributed by atoms with Crippen molar-refractivity contribution < 1.29 is 13.7 Å². The molecule has 5 rings (SSSR count). The minimum Gasteiger partial charge on any atom is -0.493 e. The van der Waals surface area contributed by atoms with Crippen molar-refractivity contribution in [3.8, 4) is 11.5 Å². The Balaban J connectivity index is 1.89. The van der Waals surface area contributed by atoms with Crippen LogP contribution in [-0.2, 0) is 11.0 Å². The second kappa shape index (κ2) is 12.8. The van der Waals surface area contributed by atoms with E-state index >= 15 is 0 Å². The van der Waals surface area contributed by atoms with Crippen LogP contribution in [0.4, 0.5) is 0 Å². The lowest BCUT2D eigenvalue weighted by atomic mass is 9.93. The Morgan fingerprint density at radius 3 is 1.79 bits per heavy atom. The number of nitrogens with zero attached hydrogens (tertiary/aromatic N) is 1. The van der Waals surface area contributed by atoms with Gasteiger partial charge in [0.05, 0.1) is 25.0 Å². The zero-order valence-corrected chi connectivity index (χ0v) is 26.8. The molecule has 6 heteroatoms. The van der Waals surface area contributed by atoms with Crippen molar-refractivity contribution in [1.29, 1.82) is 0 Å². The Hall–Kier alpha value is -3.50. The van der Waals surface area contributed by atoms with Crippen LogP contribution in [0.15, 0.2) is 115 Å². The van der Waals surface area contributed by atoms with Gasteiger partial charge in [0, 0.05) is 7.05 Å². The Kier molecular flexibility index (Phi) is 9.13. The van der Waals surface area contributed by atoms with Gasteiger partial charge in [-0.1, -0.05) is 103 Å². The normalized spacial score (nSPS) is 13.3. The Labute approximate surface area is 253 Å². The van der Waals surface area contributed by atoms with E-state index in [9.17, 15) is 4.21 Å². The molecule has 0 aliphatic carbocycles. The summed E-state index contributed by atoms with van der Waals surface area (Å²) in [5, 5.41) is 5.86. The third-order valence-corrected chi connectivity index (χ3v) is 11.6. The van der Waals surface area contributed by atoms with E-state index in [-0.39, 0.29) is 6.04 Å². The van der Waals surface area contributed by atoms with Crippen LogP contribution >= 0.6 is 7.92 Å². The molecule has 216 valence electrons. The molecule has 0 bridgehead atoms. The summed E-state index contributed by atoms with van der Waals surface area (Å²) in [7, 11) is 3.00. The standard InChI is InChI=1S/C36H38NO3PS/c1-36(2,3)42(38)37(4)35(30-23-15-17-26-16-13-14-22-29(26)30)31-24-32(39-5)33(40-6)25-34(31)41(27-18-9-7-10-19-27)28-20-11-8-12-21-28/h7-25,35H,1-6H3. The van der Waals surface area contributed by atoms with Gasteiger partial charge >= 0.3 is 0 Å². The van der Waals surface area contributed by atoms with Crippen LogP contribution in [0.3, 0.4) is 0 Å². The predicted octanol–water partition coefficient (Wildman–Crippen LogP) is 7.10. The van der Waals surface area contributed by atoms with Gasteiger partial charge in [-0.3, -0.25) is 0 Å². The summed E-state index contributed by atoms with van der Waals surface area (Å²) >= 11 is 0. The smallest absolute Gasteiger partial charge is 0.161 e. The number of hydrogen-bond acceptors (Lipinski definition) is 3. The van der Waals surface area contributed by atoms with Crippen molar-refractivity contribution in [3.05, 3.63) is 126 Å². The lowest BCUT2D eigenvalue weighted by molar-refractivity contribution is 0.353. The Morgan fingerprint density at radius 1 is 0.690 bits per heavy atom. The molecule has 0 heterocycles. The maximum atomic E-state index is 14.2. The maximum absolute atomic E-state index is 14.2. The predicted molar refractivity (Wildman–Crippen MR) is 180 cm³/mol. The molecular formula is C36H38NO3PS. The van der Waals surface area contributed by atoms with Gasteiger partial charge in [0.2, 0.25) is 0 Å². The first-order chi connectivity index (χ1) is 20.2. The van der Waals surface area contributed by atoms with E-state index in [1.165, 1.54) is 10.6 Å². The molecule has 0 spiro atoms. The molecule has 2 unspecified atom stereocenters. The SMILES string of the molecule is COc1cc(C(c2cccc3ccccc23)N(C)S(=O)C(C)(C)C)c(P(c2ccccc2)c2ccccc2)cc1OC. The summed E-state index contributed by atoms with van der Waals surface area (Å²) in [6, 6.07) is 40.0. The number of ether oxygens (including phenoxy) is 2. The molecule has 5 aromatic carbocycles. The lowest BCUT2D eigenvalue weighted by Crippen LogP contribution is -2.39. The van der Waals surface area contributed by atoms with Gasteiger partial charge in [-0.2, -0.15) is 0 Å². The molecule has 4 nitrogen and oxygen atoms in total. The van der Waals surface area contributed by atoms with Crippen molar-refractivity contribution in [2.45, 2.75) is 31.6 Å². The van der Waals surface area contributed by atoms with Gasteiger partial charge in [0.15, 0.2) is 11.5 Å². The van der Waals surface area contributed by atoms with Crippen LogP contribution in [0.5, 0.6) is 11.5 Å². The Bertz CT molecular complexity index is 1640. The Morgan fingerprint density at radius 2 is 1.21 bits per heavy atom. The van der Waals surface area contributed by atoms with Crippen LogP contribution in [0.25, 0.3) is 10.8 Å². The van der Waals surface area contributed by atoms with Gasteiger partial charge < -0.3 is 9.47 Å². The molecule has 0 radical (unpaired) electrons. The third kappa shape index (κ3) is 6.01. The minimum atomic E-state index is -1.31. The third-order valence-electron chi connectivity index (χ3n) is 7.36. The average molecular weight is 596 g/mol. The van der Waals surface area contributed by atoms with E-state index in [4.69, 9.17) is 9.47 Å². The minimum absolute atomic E-state index is 0.330. The number of rotatable bonds is 9. The number of benzene rings is 5. The molecule has 5 aromatic rings. The summed E-state index contributed by atoms with van der Waals surface area (Å²) in [6.07, 6.45) is 0. The first-order valence-corrected chi connectivity index (χ1v) is 16.5. The van der Waals surface area contributed by atoms with Crippen LogP contribution < -0.4 is 25.4 Å². The van der Waals surface area contributed by atoms with Crippen LogP contribution in [0, 0.1) is 0 Å². The maximum Gasteiger partial charge on any atom is 0.161 e. The summed E-state index contributed by atoms with van der Waals surface area (Å²) < 4.78 is 27.5. The zero-order valence-electron chi connectivity index (χ0n) is 25.1. The second-order valence-electron chi connectivity index (χ2n) is 11.2. The lowest BCUT2D eigenvalue weighted by Gasteiger charge is -2.36. The number of methoxy groups -OCH3 is 2. The zero-order chi connectivity index (χ0) is 29.9. The molecule has 0 saturated heterocycles. The van der Waals surface area contributed by atoms with Crippen molar-refractivity contribution in [2.75, 3.05) is 21.3 Å². The van der Waals surface area contributed by atoms with Gasteiger partial charge in [-0.05, 0) is 78.6 Å². The monoisotopic (exact) mass is 595 g/mol. The van der Waals surface area contributed by atoms with E-state index in [1.807, 2.05) is 32.1 Å². The molecule has 0 fully saturated rings. The first kappa shape index (κ1) is 30.0. The summed E-state index contributed by atoms with van der Waals surface area (Å²) in [6.45, 7) is 6.07. The van der Waals surface area contributed by atoms with Gasteiger partial charge in [0.25, 0.3) is 0 Å². The topological polar surface area (TPSA) is 38.8 Å². The van der Waals surface area contributed by atoms with Gasteiger partial charge in [-0.25, -0.2) is 8.51 Å². The highest BCUT2D eigenvalue weighted by molar-refractivity contribution is 7.84. The summed E-state index contributed by atoms with van der Waals surface area (Å²) in [5.41, 5.74) is 2.14. The van der Waals surface area contributed by atoms with Crippen molar-refractivity contribution >= 4 is 45.6 Å². The highest BCUT2D eigenvalue weighted by Gasteiger charge is 2.35. The number of fused-ring (bicyclic) bond motifs is 1. The van der Waals surface area contributed by atoms with E-state index in [0.29, 0.717) is 11.5 Å². The molecule has 0 amide bonds. The van der Waals surface area contributed by atoms with E-state index < -0.39 is 23.7 Å². The average Bonchev–Trinajstić information content (AvgIpc) is 3.01. The fourth-order valence-corrected chi connectivity index (χ4v) is 9.22. The van der Waals surface area contributed by atoms with E-state index in [1.54, 1.807) is 14.2 Å². The summed E-state index contributed by atoms with van der Waals surface area (Å²) in [5.74, 6) is 1.32. The van der Waals surface area contributed by atoms with Gasteiger partial charge in [-0.15, -0.1) is 0 Å². The van der Waals surface area contributed by atoms with E-state index in [2.05, 4.69) is 115 Å². The molecule has 42 heavy (non-hydrogen) atoms. The molecular weight excluding hydrogens is 557 g/mol. The molecule has 2 atom stereocenters. The van der Waals surface area contributed by atoms with Crippen LogP contribution in [-0.4, -0.2) is 34.5 Å². The fourth-order valence-electron chi connectivity index (χ4n) is 5.45. The fraction of sp³-hybridized carbons (Fsp3) is 0.222. The largest absolute Gasteiger partial charge is 0.493 e. The van der Waals surface area contributed by atoms with Crippen molar-refractivity contribution in [1.82, 2.24) is 4.31 Å². The highest BCUT2D eigenvalue weighted by atomic mass is 32.2. The molecule has 0 aliphatic rings. The van der Waals surface area contributed by atoms with Crippen molar-refractivity contribution in [3.63, 3.8) is 0 Å². The van der Waals surface area contributed by atoms with Crippen LogP contribution in [0.1, 0.15) is 37.9 Å². The van der Waals surface area contributed by atoms with Crippen LogP contribution in [0.2, 0.25) is 0 Å². The summed E-state index contributed by atoms with van der Waals surface area (Å²) in [4.78, 5) is 0. The number of hydrogen-bond donors (Lipinski definition) is 0. The molecule has 0 N–H and O–H groups in total. The van der Waals surface area contributed by atoms with E-state index in [0.717, 1.165) is 27.2 Å².